The lowest BCUT2D eigenvalue weighted by molar-refractivity contribution is 0.0600. The molecular weight excluding hydrogens is 184 g/mol. The number of carbonyl (C=O) groups is 1. The lowest BCUT2D eigenvalue weighted by atomic mass is 10.3. The van der Waals surface area contributed by atoms with Gasteiger partial charge in [-0.15, -0.1) is 0 Å². The van der Waals surface area contributed by atoms with Gasteiger partial charge in [0.15, 0.2) is 0 Å². The first kappa shape index (κ1) is 10.5. The molecule has 0 aliphatic rings. The fourth-order valence-corrected chi connectivity index (χ4v) is 0.897. The average Bonchev–Trinajstić information content (AvgIpc) is 2.25. The molecule has 1 heterocycles. The Morgan fingerprint density at radius 2 is 2.43 bits per heavy atom. The van der Waals surface area contributed by atoms with Crippen molar-refractivity contribution >= 4 is 5.97 Å². The molecule has 5 heteroatoms. The Balaban J connectivity index is 2.73. The third-order valence-corrected chi connectivity index (χ3v) is 1.52. The predicted molar refractivity (Wildman–Crippen MR) is 50.1 cm³/mol. The number of pyridine rings is 1. The van der Waals surface area contributed by atoms with Gasteiger partial charge < -0.3 is 15.2 Å². The van der Waals surface area contributed by atoms with Crippen LogP contribution in [0.1, 0.15) is 10.4 Å². The molecule has 0 saturated heterocycles. The summed E-state index contributed by atoms with van der Waals surface area (Å²) in [5.41, 5.74) is 5.67. The van der Waals surface area contributed by atoms with Gasteiger partial charge in [-0.2, -0.15) is 0 Å². The van der Waals surface area contributed by atoms with E-state index in [0.29, 0.717) is 24.6 Å². The van der Waals surface area contributed by atoms with E-state index in [1.165, 1.54) is 19.4 Å². The van der Waals surface area contributed by atoms with Gasteiger partial charge in [0.05, 0.1) is 12.7 Å². The van der Waals surface area contributed by atoms with Gasteiger partial charge in [-0.3, -0.25) is 0 Å². The molecule has 0 aliphatic heterocycles. The van der Waals surface area contributed by atoms with Crippen molar-refractivity contribution < 1.29 is 14.3 Å². The molecule has 14 heavy (non-hydrogen) atoms. The Hall–Kier alpha value is -1.62. The number of hydrogen-bond donors (Lipinski definition) is 1. The van der Waals surface area contributed by atoms with Gasteiger partial charge in [-0.05, 0) is 6.07 Å². The van der Waals surface area contributed by atoms with E-state index >= 15 is 0 Å². The molecule has 0 amide bonds. The van der Waals surface area contributed by atoms with E-state index in [0.717, 1.165) is 0 Å². The monoisotopic (exact) mass is 196 g/mol. The van der Waals surface area contributed by atoms with Crippen LogP contribution in [0.25, 0.3) is 0 Å². The van der Waals surface area contributed by atoms with Crippen LogP contribution in [0.4, 0.5) is 0 Å². The normalized spacial score (nSPS) is 9.57. The van der Waals surface area contributed by atoms with Crippen molar-refractivity contribution in [3.05, 3.63) is 23.9 Å². The van der Waals surface area contributed by atoms with E-state index in [2.05, 4.69) is 9.72 Å². The van der Waals surface area contributed by atoms with E-state index in [1.807, 2.05) is 0 Å². The largest absolute Gasteiger partial charge is 0.476 e. The highest BCUT2D eigenvalue weighted by atomic mass is 16.5. The summed E-state index contributed by atoms with van der Waals surface area (Å²) in [5, 5.41) is 0. The molecule has 1 aromatic rings. The zero-order valence-corrected chi connectivity index (χ0v) is 7.90. The Morgan fingerprint density at radius 3 is 3.07 bits per heavy atom. The van der Waals surface area contributed by atoms with Gasteiger partial charge in [0.1, 0.15) is 6.61 Å². The quantitative estimate of drug-likeness (QED) is 0.696. The molecule has 0 unspecified atom stereocenters. The Bertz CT molecular complexity index is 315. The van der Waals surface area contributed by atoms with Crippen LogP contribution in [-0.4, -0.2) is 31.2 Å². The molecule has 0 bridgehead atoms. The lowest BCUT2D eigenvalue weighted by Crippen LogP contribution is -2.11. The molecule has 0 fully saturated rings. The van der Waals surface area contributed by atoms with Gasteiger partial charge in [0, 0.05) is 18.8 Å². The second-order valence-electron chi connectivity index (χ2n) is 2.51. The summed E-state index contributed by atoms with van der Waals surface area (Å²) in [6.45, 7) is 0.780. The second kappa shape index (κ2) is 5.18. The molecule has 5 nitrogen and oxygen atoms in total. The van der Waals surface area contributed by atoms with Gasteiger partial charge in [-0.1, -0.05) is 0 Å². The Kier molecular flexibility index (Phi) is 3.87. The highest BCUT2D eigenvalue weighted by Crippen LogP contribution is 2.09. The number of aromatic nitrogens is 1. The minimum atomic E-state index is -0.412. The van der Waals surface area contributed by atoms with Crippen LogP contribution in [0.5, 0.6) is 5.88 Å². The molecule has 0 saturated carbocycles. The topological polar surface area (TPSA) is 74.4 Å². The summed E-state index contributed by atoms with van der Waals surface area (Å²) >= 11 is 0. The van der Waals surface area contributed by atoms with Crippen LogP contribution < -0.4 is 10.5 Å². The first-order valence-electron chi connectivity index (χ1n) is 4.15. The van der Waals surface area contributed by atoms with Crippen LogP contribution in [0, 0.1) is 0 Å². The first-order valence-corrected chi connectivity index (χ1v) is 4.15. The van der Waals surface area contributed by atoms with Crippen molar-refractivity contribution in [2.24, 2.45) is 5.73 Å². The lowest BCUT2D eigenvalue weighted by Gasteiger charge is -2.04. The predicted octanol–water partition coefficient (Wildman–Crippen LogP) is 0.206. The van der Waals surface area contributed by atoms with Gasteiger partial charge >= 0.3 is 5.97 Å². The fraction of sp³-hybridized carbons (Fsp3) is 0.333. The summed E-state index contributed by atoms with van der Waals surface area (Å²) in [5.74, 6) is -0.0386. The minimum absolute atomic E-state index is 0.373. The summed E-state index contributed by atoms with van der Waals surface area (Å²) in [6.07, 6.45) is 1.48. The van der Waals surface area contributed by atoms with E-state index in [9.17, 15) is 4.79 Å². The van der Waals surface area contributed by atoms with E-state index in [1.54, 1.807) is 6.07 Å². The molecule has 1 aromatic heterocycles. The van der Waals surface area contributed by atoms with Crippen LogP contribution >= 0.6 is 0 Å². The maximum atomic E-state index is 11.1. The summed E-state index contributed by atoms with van der Waals surface area (Å²) < 4.78 is 9.70. The molecule has 76 valence electrons. The van der Waals surface area contributed by atoms with Gasteiger partial charge in [-0.25, -0.2) is 9.78 Å². The third-order valence-electron chi connectivity index (χ3n) is 1.52. The summed E-state index contributed by atoms with van der Waals surface area (Å²) in [4.78, 5) is 15.0. The smallest absolute Gasteiger partial charge is 0.338 e. The van der Waals surface area contributed by atoms with Gasteiger partial charge in [0.2, 0.25) is 5.88 Å². The zero-order valence-electron chi connectivity index (χ0n) is 7.90. The molecular formula is C9H12N2O3. The molecule has 0 spiro atoms. The number of nitrogens with two attached hydrogens (primary N) is 1. The van der Waals surface area contributed by atoms with E-state index < -0.39 is 5.97 Å². The number of rotatable bonds is 4. The minimum Gasteiger partial charge on any atom is -0.476 e. The van der Waals surface area contributed by atoms with E-state index in [-0.39, 0.29) is 0 Å². The maximum absolute atomic E-state index is 11.1. The Labute approximate surface area is 81.8 Å². The number of carbonyl (C=O) groups excluding carboxylic acids is 1. The van der Waals surface area contributed by atoms with Crippen molar-refractivity contribution in [3.63, 3.8) is 0 Å². The molecule has 2 N–H and O–H groups in total. The second-order valence-corrected chi connectivity index (χ2v) is 2.51. The van der Waals surface area contributed by atoms with E-state index in [4.69, 9.17) is 10.5 Å². The number of hydrogen-bond acceptors (Lipinski definition) is 5. The fourth-order valence-electron chi connectivity index (χ4n) is 0.897. The first-order chi connectivity index (χ1) is 6.77. The SMILES string of the molecule is COC(=O)c1ccnc(OCCN)c1. The van der Waals surface area contributed by atoms with Crippen molar-refractivity contribution in [1.29, 1.82) is 0 Å². The van der Waals surface area contributed by atoms with Gasteiger partial charge in [0.25, 0.3) is 0 Å². The highest BCUT2D eigenvalue weighted by molar-refractivity contribution is 5.89. The standard InChI is InChI=1S/C9H12N2O3/c1-13-9(12)7-2-4-11-8(6-7)14-5-3-10/h2,4,6H,3,5,10H2,1H3. The molecule has 0 atom stereocenters. The number of nitrogens with zero attached hydrogens (tertiary/aromatic N) is 1. The zero-order chi connectivity index (χ0) is 10.4. The molecule has 1 rings (SSSR count). The van der Waals surface area contributed by atoms with Crippen LogP contribution in [0.3, 0.4) is 0 Å². The molecule has 0 aliphatic carbocycles. The third kappa shape index (κ3) is 2.70. The molecule has 0 radical (unpaired) electrons. The average molecular weight is 196 g/mol. The molecule has 0 aromatic carbocycles. The highest BCUT2D eigenvalue weighted by Gasteiger charge is 2.06. The van der Waals surface area contributed by atoms with Crippen molar-refractivity contribution in [3.8, 4) is 5.88 Å². The van der Waals surface area contributed by atoms with Crippen molar-refractivity contribution in [2.45, 2.75) is 0 Å². The maximum Gasteiger partial charge on any atom is 0.338 e. The summed E-state index contributed by atoms with van der Waals surface area (Å²) in [7, 11) is 1.32. The number of esters is 1. The number of methoxy groups -OCH3 is 1. The van der Waals surface area contributed by atoms with Crippen molar-refractivity contribution in [2.75, 3.05) is 20.3 Å². The van der Waals surface area contributed by atoms with Crippen LogP contribution in [0.2, 0.25) is 0 Å². The van der Waals surface area contributed by atoms with Crippen LogP contribution in [0.15, 0.2) is 18.3 Å². The Morgan fingerprint density at radius 1 is 1.64 bits per heavy atom. The number of ether oxygens (including phenoxy) is 2. The van der Waals surface area contributed by atoms with Crippen molar-refractivity contribution in [1.82, 2.24) is 4.98 Å². The van der Waals surface area contributed by atoms with Crippen LogP contribution in [-0.2, 0) is 4.74 Å². The summed E-state index contributed by atoms with van der Waals surface area (Å²) in [6, 6.07) is 3.07.